The van der Waals surface area contributed by atoms with E-state index in [2.05, 4.69) is 133 Å². The molecule has 2 N–H and O–H groups in total. The maximum atomic E-state index is 12.3. The minimum absolute atomic E-state index is 0.255. The summed E-state index contributed by atoms with van der Waals surface area (Å²) in [5.41, 5.74) is 9.32. The molecule has 250 valence electrons. The lowest BCUT2D eigenvalue weighted by molar-refractivity contribution is 0.449. The van der Waals surface area contributed by atoms with Crippen molar-refractivity contribution in [2.24, 2.45) is 9.74 Å². The van der Waals surface area contributed by atoms with E-state index in [0.29, 0.717) is 0 Å². The Balaban J connectivity index is 2.24. The lowest BCUT2D eigenvalue weighted by Crippen LogP contribution is -2.33. The molecule has 0 saturated heterocycles. The SMILES string of the molecule is Cc1cc(C)c(N=Cc2ccccc2N=P(c2cc(C)cc(C(C)(C)C)c2O)(c2cc(C)cc(C(C)(C)C)c2O)C(C)(C)C)c(C)c1. The van der Waals surface area contributed by atoms with E-state index in [1.165, 1.54) is 5.56 Å². The van der Waals surface area contributed by atoms with Gasteiger partial charge in [-0.05, 0) is 85.9 Å². The van der Waals surface area contributed by atoms with E-state index in [9.17, 15) is 10.2 Å². The summed E-state index contributed by atoms with van der Waals surface area (Å²) in [4.78, 5) is 5.00. The van der Waals surface area contributed by atoms with Crippen molar-refractivity contribution in [3.8, 4) is 11.5 Å². The van der Waals surface area contributed by atoms with Gasteiger partial charge in [0.1, 0.15) is 11.5 Å². The van der Waals surface area contributed by atoms with Crippen molar-refractivity contribution in [2.45, 2.75) is 113 Å². The predicted molar refractivity (Wildman–Crippen MR) is 205 cm³/mol. The monoisotopic (exact) mass is 650 g/mol. The van der Waals surface area contributed by atoms with Crippen LogP contribution in [0.3, 0.4) is 0 Å². The van der Waals surface area contributed by atoms with E-state index in [-0.39, 0.29) is 22.3 Å². The number of hydrogen-bond donors (Lipinski definition) is 2. The summed E-state index contributed by atoms with van der Waals surface area (Å²) in [5.74, 6) is 0.510. The molecule has 4 nitrogen and oxygen atoms in total. The second-order valence-corrected chi connectivity index (χ2v) is 20.1. The largest absolute Gasteiger partial charge is 0.507 e. The standard InChI is InChI=1S/C42H55N2O2P/c1-26-19-29(4)37(30(5)20-26)43-25-31-17-15-16-18-34(31)44-47(42(12,13)14,35-23-27(2)21-32(38(35)45)40(6,7)8)36-24-28(3)22-33(39(36)46)41(9,10)11/h15-25,45-46H,1-14H3. The average Bonchev–Trinajstić information content (AvgIpc) is 2.92. The molecule has 0 fully saturated rings. The van der Waals surface area contributed by atoms with E-state index in [1.54, 1.807) is 0 Å². The number of benzene rings is 4. The van der Waals surface area contributed by atoms with Crippen LogP contribution in [0, 0.1) is 34.6 Å². The Morgan fingerprint density at radius 1 is 0.596 bits per heavy atom. The molecule has 4 aromatic rings. The van der Waals surface area contributed by atoms with Crippen LogP contribution < -0.4 is 10.6 Å². The fourth-order valence-electron chi connectivity index (χ4n) is 6.63. The van der Waals surface area contributed by atoms with Gasteiger partial charge in [-0.3, -0.25) is 9.74 Å². The molecule has 0 spiro atoms. The molecule has 0 amide bonds. The minimum Gasteiger partial charge on any atom is -0.507 e. The Morgan fingerprint density at radius 3 is 1.45 bits per heavy atom. The molecule has 0 aliphatic rings. The van der Waals surface area contributed by atoms with E-state index in [0.717, 1.165) is 60.9 Å². The van der Waals surface area contributed by atoms with Gasteiger partial charge in [0.05, 0.1) is 11.4 Å². The van der Waals surface area contributed by atoms with Crippen molar-refractivity contribution < 1.29 is 10.2 Å². The van der Waals surface area contributed by atoms with Gasteiger partial charge in [0.25, 0.3) is 0 Å². The fraction of sp³-hybridized carbons (Fsp3) is 0.405. The maximum absolute atomic E-state index is 12.3. The van der Waals surface area contributed by atoms with E-state index < -0.39 is 12.2 Å². The van der Waals surface area contributed by atoms with Crippen LogP contribution in [0.4, 0.5) is 11.4 Å². The molecule has 0 aromatic heterocycles. The molecule has 4 aromatic carbocycles. The second-order valence-electron chi connectivity index (χ2n) is 16.3. The maximum Gasteiger partial charge on any atom is 0.128 e. The Morgan fingerprint density at radius 2 is 1.02 bits per heavy atom. The quantitative estimate of drug-likeness (QED) is 0.167. The van der Waals surface area contributed by atoms with Gasteiger partial charge < -0.3 is 10.2 Å². The molecule has 0 bridgehead atoms. The van der Waals surface area contributed by atoms with Crippen LogP contribution in [0.5, 0.6) is 11.5 Å². The van der Waals surface area contributed by atoms with Crippen molar-refractivity contribution in [2.75, 3.05) is 0 Å². The van der Waals surface area contributed by atoms with Crippen LogP contribution in [0.2, 0.25) is 0 Å². The smallest absolute Gasteiger partial charge is 0.128 e. The Hall–Kier alpha value is -3.62. The second kappa shape index (κ2) is 12.8. The summed E-state index contributed by atoms with van der Waals surface area (Å²) >= 11 is 0. The van der Waals surface area contributed by atoms with Crippen LogP contribution in [-0.2, 0) is 10.8 Å². The van der Waals surface area contributed by atoms with E-state index >= 15 is 0 Å². The summed E-state index contributed by atoms with van der Waals surface area (Å²) < 4.78 is 5.82. The number of phenols is 2. The number of aryl methyl sites for hydroxylation is 5. The fourth-order valence-corrected chi connectivity index (χ4v) is 11.0. The molecular formula is C42H55N2O2P. The Bertz CT molecular complexity index is 1810. The molecule has 0 heterocycles. The number of nitrogens with zero attached hydrogens (tertiary/aromatic N) is 2. The number of aromatic hydroxyl groups is 2. The van der Waals surface area contributed by atoms with Crippen molar-refractivity contribution >= 4 is 35.3 Å². The van der Waals surface area contributed by atoms with Gasteiger partial charge in [-0.2, -0.15) is 0 Å². The first-order valence-electron chi connectivity index (χ1n) is 16.6. The van der Waals surface area contributed by atoms with Crippen LogP contribution in [-0.4, -0.2) is 21.6 Å². The molecule has 0 unspecified atom stereocenters. The van der Waals surface area contributed by atoms with Gasteiger partial charge in [-0.1, -0.05) is 110 Å². The third-order valence-electron chi connectivity index (χ3n) is 8.92. The normalized spacial score (nSPS) is 13.0. The van der Waals surface area contributed by atoms with Crippen molar-refractivity contribution in [1.82, 2.24) is 0 Å². The molecule has 5 heteroatoms. The highest BCUT2D eigenvalue weighted by Crippen LogP contribution is 2.64. The van der Waals surface area contributed by atoms with Crippen molar-refractivity contribution in [1.29, 1.82) is 0 Å². The zero-order valence-electron chi connectivity index (χ0n) is 31.1. The molecule has 0 aliphatic heterocycles. The summed E-state index contributed by atoms with van der Waals surface area (Å²) in [6, 6.07) is 20.8. The van der Waals surface area contributed by atoms with Crippen LogP contribution in [0.1, 0.15) is 107 Å². The molecule has 4 rings (SSSR count). The molecule has 47 heavy (non-hydrogen) atoms. The summed E-state index contributed by atoms with van der Waals surface area (Å²) in [6.07, 6.45) is 1.91. The van der Waals surface area contributed by atoms with E-state index in [1.807, 2.05) is 30.5 Å². The summed E-state index contributed by atoms with van der Waals surface area (Å²) in [5, 5.41) is 25.8. The zero-order chi connectivity index (χ0) is 35.3. The first-order valence-corrected chi connectivity index (χ1v) is 18.3. The topological polar surface area (TPSA) is 65.2 Å². The number of aliphatic imine (C=N–C) groups is 1. The predicted octanol–water partition coefficient (Wildman–Crippen LogP) is 11.3. The molecule has 0 atom stereocenters. The lowest BCUT2D eigenvalue weighted by atomic mass is 9.85. The van der Waals surface area contributed by atoms with Gasteiger partial charge in [0, 0.05) is 45.7 Å². The highest BCUT2D eigenvalue weighted by Gasteiger charge is 2.43. The highest BCUT2D eigenvalue weighted by molar-refractivity contribution is 7.82. The van der Waals surface area contributed by atoms with Gasteiger partial charge in [-0.15, -0.1) is 0 Å². The van der Waals surface area contributed by atoms with Gasteiger partial charge in [0.15, 0.2) is 0 Å². The van der Waals surface area contributed by atoms with Crippen molar-refractivity contribution in [3.05, 3.63) is 105 Å². The van der Waals surface area contributed by atoms with Crippen molar-refractivity contribution in [3.63, 3.8) is 0 Å². The number of hydrogen-bond acceptors (Lipinski definition) is 4. The van der Waals surface area contributed by atoms with Gasteiger partial charge >= 0.3 is 0 Å². The minimum atomic E-state index is -3.01. The van der Waals surface area contributed by atoms with E-state index in [4.69, 9.17) is 9.74 Å². The third kappa shape index (κ3) is 7.14. The first-order chi connectivity index (χ1) is 21.6. The van der Waals surface area contributed by atoms with Gasteiger partial charge in [0.2, 0.25) is 0 Å². The Kier molecular flexibility index (Phi) is 9.84. The summed E-state index contributed by atoms with van der Waals surface area (Å²) in [7, 11) is -3.01. The molecule has 0 radical (unpaired) electrons. The lowest BCUT2D eigenvalue weighted by Gasteiger charge is -2.41. The zero-order valence-corrected chi connectivity index (χ0v) is 32.0. The molecule has 0 aliphatic carbocycles. The summed E-state index contributed by atoms with van der Waals surface area (Å²) in [6.45, 7) is 29.8. The molecule has 0 saturated carbocycles. The number of rotatable bonds is 5. The Labute approximate surface area is 284 Å². The van der Waals surface area contributed by atoms with Crippen LogP contribution in [0.25, 0.3) is 0 Å². The molecular weight excluding hydrogens is 595 g/mol. The third-order valence-corrected chi connectivity index (χ3v) is 13.4. The number of phenolic OH excluding ortho intramolecular Hbond substituents is 2. The van der Waals surface area contributed by atoms with Crippen LogP contribution in [0.15, 0.2) is 70.4 Å². The highest BCUT2D eigenvalue weighted by atomic mass is 31.2. The van der Waals surface area contributed by atoms with Crippen LogP contribution >= 0.6 is 7.05 Å². The first kappa shape index (κ1) is 36.2. The van der Waals surface area contributed by atoms with Gasteiger partial charge in [-0.25, -0.2) is 0 Å². The average molecular weight is 651 g/mol.